The van der Waals surface area contributed by atoms with Crippen LogP contribution in [0.5, 0.6) is 0 Å². The van der Waals surface area contributed by atoms with Crippen LogP contribution >= 0.6 is 11.3 Å². The first-order valence-electron chi connectivity index (χ1n) is 5.73. The predicted molar refractivity (Wildman–Crippen MR) is 70.8 cm³/mol. The highest BCUT2D eigenvalue weighted by molar-refractivity contribution is 7.12. The van der Waals surface area contributed by atoms with Crippen LogP contribution in [0.4, 0.5) is 0 Å². The number of aryl methyl sites for hydroxylation is 4. The highest BCUT2D eigenvalue weighted by Gasteiger charge is 2.23. The average molecular weight is 250 g/mol. The number of rotatable bonds is 2. The molecule has 0 amide bonds. The van der Waals surface area contributed by atoms with E-state index in [2.05, 4.69) is 13.0 Å². The molecule has 0 aliphatic carbocycles. The van der Waals surface area contributed by atoms with E-state index in [1.807, 2.05) is 27.7 Å². The van der Waals surface area contributed by atoms with Gasteiger partial charge in [-0.05, 0) is 51.8 Å². The third-order valence-electron chi connectivity index (χ3n) is 3.22. The van der Waals surface area contributed by atoms with Crippen molar-refractivity contribution in [3.63, 3.8) is 0 Å². The van der Waals surface area contributed by atoms with Crippen LogP contribution in [0.15, 0.2) is 10.5 Å². The molecule has 0 radical (unpaired) electrons. The van der Waals surface area contributed by atoms with Crippen molar-refractivity contribution in [1.82, 2.24) is 0 Å². The normalized spacial score (nSPS) is 13.1. The third-order valence-corrected chi connectivity index (χ3v) is 4.42. The molecule has 1 N–H and O–H groups in total. The highest BCUT2D eigenvalue weighted by atomic mass is 32.1. The second-order valence-corrected chi connectivity index (χ2v) is 5.85. The van der Waals surface area contributed by atoms with Crippen LogP contribution in [0.2, 0.25) is 0 Å². The summed E-state index contributed by atoms with van der Waals surface area (Å²) in [5.74, 6) is 1.71. The first-order valence-corrected chi connectivity index (χ1v) is 6.55. The summed E-state index contributed by atoms with van der Waals surface area (Å²) in [4.78, 5) is 2.25. The number of hydrogen-bond donors (Lipinski definition) is 1. The van der Waals surface area contributed by atoms with Gasteiger partial charge >= 0.3 is 0 Å². The fourth-order valence-electron chi connectivity index (χ4n) is 2.27. The Morgan fingerprint density at radius 3 is 2.18 bits per heavy atom. The quantitative estimate of drug-likeness (QED) is 0.875. The third kappa shape index (κ3) is 2.05. The molecule has 1 unspecified atom stereocenters. The van der Waals surface area contributed by atoms with Gasteiger partial charge in [-0.15, -0.1) is 11.3 Å². The second-order valence-electron chi connectivity index (χ2n) is 4.56. The van der Waals surface area contributed by atoms with Crippen LogP contribution in [0.1, 0.15) is 44.1 Å². The Morgan fingerprint density at radius 2 is 1.76 bits per heavy atom. The molecule has 2 aromatic heterocycles. The molecular weight excluding hydrogens is 232 g/mol. The molecule has 0 aliphatic heterocycles. The van der Waals surface area contributed by atoms with Crippen molar-refractivity contribution in [1.29, 1.82) is 0 Å². The van der Waals surface area contributed by atoms with Gasteiger partial charge in [0.15, 0.2) is 0 Å². The second kappa shape index (κ2) is 4.31. The number of furan rings is 1. The molecule has 0 saturated carbocycles. The highest BCUT2D eigenvalue weighted by Crippen LogP contribution is 2.36. The van der Waals surface area contributed by atoms with Crippen molar-refractivity contribution in [2.45, 2.75) is 40.7 Å². The van der Waals surface area contributed by atoms with Crippen molar-refractivity contribution in [3.8, 4) is 0 Å². The van der Waals surface area contributed by atoms with Crippen molar-refractivity contribution >= 4 is 11.3 Å². The SMILES string of the molecule is Cc1cc(C)c(C(O)c2c(C)oc(C)c2C)s1. The van der Waals surface area contributed by atoms with E-state index in [0.717, 1.165) is 33.1 Å². The van der Waals surface area contributed by atoms with Gasteiger partial charge in [0.05, 0.1) is 0 Å². The van der Waals surface area contributed by atoms with Gasteiger partial charge in [0, 0.05) is 15.3 Å². The Balaban J connectivity index is 2.50. The van der Waals surface area contributed by atoms with E-state index in [9.17, 15) is 5.11 Å². The molecule has 2 nitrogen and oxygen atoms in total. The largest absolute Gasteiger partial charge is 0.466 e. The Labute approximate surface area is 106 Å². The fourth-order valence-corrected chi connectivity index (χ4v) is 3.31. The molecule has 2 rings (SSSR count). The Morgan fingerprint density at radius 1 is 1.12 bits per heavy atom. The molecule has 3 heteroatoms. The van der Waals surface area contributed by atoms with Crippen molar-refractivity contribution in [2.24, 2.45) is 0 Å². The maximum atomic E-state index is 10.5. The van der Waals surface area contributed by atoms with E-state index >= 15 is 0 Å². The summed E-state index contributed by atoms with van der Waals surface area (Å²) >= 11 is 1.65. The molecule has 0 aliphatic rings. The molecule has 0 saturated heterocycles. The summed E-state index contributed by atoms with van der Waals surface area (Å²) < 4.78 is 5.58. The van der Waals surface area contributed by atoms with Crippen molar-refractivity contribution in [2.75, 3.05) is 0 Å². The lowest BCUT2D eigenvalue weighted by Gasteiger charge is -2.10. The van der Waals surface area contributed by atoms with Crippen LogP contribution in [0.25, 0.3) is 0 Å². The Kier molecular flexibility index (Phi) is 3.15. The van der Waals surface area contributed by atoms with Crippen LogP contribution in [-0.4, -0.2) is 5.11 Å². The number of aliphatic hydroxyl groups excluding tert-OH is 1. The molecule has 1 atom stereocenters. The molecule has 0 bridgehead atoms. The Bertz CT molecular complexity index is 549. The van der Waals surface area contributed by atoms with E-state index in [1.54, 1.807) is 11.3 Å². The predicted octanol–water partition coefficient (Wildman–Crippen LogP) is 3.96. The van der Waals surface area contributed by atoms with Gasteiger partial charge in [-0.3, -0.25) is 0 Å². The van der Waals surface area contributed by atoms with Gasteiger partial charge in [0.1, 0.15) is 17.6 Å². The van der Waals surface area contributed by atoms with Gasteiger partial charge in [0.25, 0.3) is 0 Å². The lowest BCUT2D eigenvalue weighted by atomic mass is 10.0. The Hall–Kier alpha value is -1.06. The molecule has 0 aromatic carbocycles. The zero-order valence-corrected chi connectivity index (χ0v) is 11.7. The maximum Gasteiger partial charge on any atom is 0.117 e. The molecule has 92 valence electrons. The summed E-state index contributed by atoms with van der Waals surface area (Å²) in [6, 6.07) is 2.11. The van der Waals surface area contributed by atoms with Gasteiger partial charge in [0.2, 0.25) is 0 Å². The summed E-state index contributed by atoms with van der Waals surface area (Å²) in [7, 11) is 0. The van der Waals surface area contributed by atoms with Gasteiger partial charge in [-0.2, -0.15) is 0 Å². The minimum Gasteiger partial charge on any atom is -0.466 e. The van der Waals surface area contributed by atoms with E-state index in [1.165, 1.54) is 4.88 Å². The van der Waals surface area contributed by atoms with E-state index < -0.39 is 6.10 Å². The number of thiophene rings is 1. The summed E-state index contributed by atoms with van der Waals surface area (Å²) in [5, 5.41) is 10.5. The van der Waals surface area contributed by atoms with Crippen LogP contribution in [0, 0.1) is 34.6 Å². The van der Waals surface area contributed by atoms with Gasteiger partial charge in [-0.1, -0.05) is 0 Å². The fraction of sp³-hybridized carbons (Fsp3) is 0.429. The van der Waals surface area contributed by atoms with E-state index in [0.29, 0.717) is 0 Å². The lowest BCUT2D eigenvalue weighted by molar-refractivity contribution is 0.220. The van der Waals surface area contributed by atoms with Crippen molar-refractivity contribution < 1.29 is 9.52 Å². The average Bonchev–Trinajstić information content (AvgIpc) is 2.68. The maximum absolute atomic E-state index is 10.5. The smallest absolute Gasteiger partial charge is 0.117 e. The van der Waals surface area contributed by atoms with Crippen LogP contribution < -0.4 is 0 Å². The minimum absolute atomic E-state index is 0.564. The number of aliphatic hydroxyl groups is 1. The first kappa shape index (κ1) is 12.4. The lowest BCUT2D eigenvalue weighted by Crippen LogP contribution is -2.01. The topological polar surface area (TPSA) is 33.4 Å². The molecule has 2 heterocycles. The zero-order chi connectivity index (χ0) is 12.7. The standard InChI is InChI=1S/C14H18O2S/c1-7-6-8(2)17-14(7)13(15)12-9(3)10(4)16-11(12)5/h6,13,15H,1-5H3. The molecule has 0 fully saturated rings. The van der Waals surface area contributed by atoms with E-state index in [4.69, 9.17) is 4.42 Å². The molecule has 17 heavy (non-hydrogen) atoms. The minimum atomic E-state index is -0.564. The number of hydrogen-bond acceptors (Lipinski definition) is 3. The summed E-state index contributed by atoms with van der Waals surface area (Å²) in [5.41, 5.74) is 3.13. The molecule has 2 aromatic rings. The zero-order valence-electron chi connectivity index (χ0n) is 10.9. The van der Waals surface area contributed by atoms with E-state index in [-0.39, 0.29) is 0 Å². The first-order chi connectivity index (χ1) is 7.91. The monoisotopic (exact) mass is 250 g/mol. The summed E-state index contributed by atoms with van der Waals surface area (Å²) in [6.45, 7) is 9.95. The van der Waals surface area contributed by atoms with Gasteiger partial charge < -0.3 is 9.52 Å². The molecule has 0 spiro atoms. The van der Waals surface area contributed by atoms with Crippen LogP contribution in [0.3, 0.4) is 0 Å². The van der Waals surface area contributed by atoms with Crippen molar-refractivity contribution in [3.05, 3.63) is 44.0 Å². The van der Waals surface area contributed by atoms with Crippen LogP contribution in [-0.2, 0) is 0 Å². The molecular formula is C14H18O2S. The summed E-state index contributed by atoms with van der Waals surface area (Å²) in [6.07, 6.45) is -0.564. The van der Waals surface area contributed by atoms with Gasteiger partial charge in [-0.25, -0.2) is 0 Å².